The van der Waals surface area contributed by atoms with Gasteiger partial charge in [-0.05, 0) is 31.4 Å². The first-order valence-corrected chi connectivity index (χ1v) is 5.79. The molecule has 4 nitrogen and oxygen atoms in total. The molecule has 0 saturated heterocycles. The van der Waals surface area contributed by atoms with Crippen molar-refractivity contribution in [1.29, 1.82) is 5.41 Å². The molecule has 1 saturated carbocycles. The zero-order valence-electron chi connectivity index (χ0n) is 9.61. The Kier molecular flexibility index (Phi) is 3.08. The normalized spacial score (nSPS) is 14.8. The highest BCUT2D eigenvalue weighted by Crippen LogP contribution is 2.30. The standard InChI is InChI=1S/C12H18N4/c1-2-7-16(10-3-4-10)11-8-9(12(13)14)5-6-15-11/h5-6,8,10H,2-4,7H2,1H3,(H3,13,14). The van der Waals surface area contributed by atoms with Gasteiger partial charge >= 0.3 is 0 Å². The Balaban J connectivity index is 2.22. The molecule has 0 atom stereocenters. The number of hydrogen-bond acceptors (Lipinski definition) is 3. The maximum atomic E-state index is 7.43. The largest absolute Gasteiger partial charge is 0.384 e. The van der Waals surface area contributed by atoms with Crippen molar-refractivity contribution in [2.24, 2.45) is 5.73 Å². The summed E-state index contributed by atoms with van der Waals surface area (Å²) >= 11 is 0. The second kappa shape index (κ2) is 4.51. The Labute approximate surface area is 96.0 Å². The third-order valence-corrected chi connectivity index (χ3v) is 2.80. The van der Waals surface area contributed by atoms with Crippen LogP contribution in [0.1, 0.15) is 31.7 Å². The summed E-state index contributed by atoms with van der Waals surface area (Å²) in [5.74, 6) is 1.06. The number of hydrogen-bond donors (Lipinski definition) is 2. The molecule has 1 aliphatic carbocycles. The van der Waals surface area contributed by atoms with E-state index in [1.165, 1.54) is 12.8 Å². The summed E-state index contributed by atoms with van der Waals surface area (Å²) < 4.78 is 0. The van der Waals surface area contributed by atoms with Gasteiger partial charge in [0.25, 0.3) is 0 Å². The fourth-order valence-corrected chi connectivity index (χ4v) is 1.85. The quantitative estimate of drug-likeness (QED) is 0.584. The van der Waals surface area contributed by atoms with Crippen LogP contribution in [0.2, 0.25) is 0 Å². The first kappa shape index (κ1) is 10.9. The molecular formula is C12H18N4. The molecule has 0 spiro atoms. The molecule has 1 aromatic rings. The van der Waals surface area contributed by atoms with Crippen molar-refractivity contribution >= 4 is 11.7 Å². The van der Waals surface area contributed by atoms with E-state index in [-0.39, 0.29) is 5.84 Å². The van der Waals surface area contributed by atoms with Crippen molar-refractivity contribution in [2.75, 3.05) is 11.4 Å². The van der Waals surface area contributed by atoms with Gasteiger partial charge in [0.1, 0.15) is 11.7 Å². The molecule has 86 valence electrons. The van der Waals surface area contributed by atoms with Crippen molar-refractivity contribution in [1.82, 2.24) is 4.98 Å². The Morgan fingerprint density at radius 1 is 1.62 bits per heavy atom. The van der Waals surface area contributed by atoms with Gasteiger partial charge in [0.2, 0.25) is 0 Å². The highest BCUT2D eigenvalue weighted by atomic mass is 15.2. The lowest BCUT2D eigenvalue weighted by Crippen LogP contribution is -2.27. The molecule has 0 aromatic carbocycles. The minimum atomic E-state index is 0.107. The highest BCUT2D eigenvalue weighted by Gasteiger charge is 2.29. The van der Waals surface area contributed by atoms with Crippen LogP contribution in [-0.4, -0.2) is 23.4 Å². The number of nitrogens with one attached hydrogen (secondary N) is 1. The maximum Gasteiger partial charge on any atom is 0.129 e. The third kappa shape index (κ3) is 2.32. The summed E-state index contributed by atoms with van der Waals surface area (Å²) in [6, 6.07) is 4.34. The van der Waals surface area contributed by atoms with Gasteiger partial charge in [-0.2, -0.15) is 0 Å². The summed E-state index contributed by atoms with van der Waals surface area (Å²) in [5, 5.41) is 7.43. The minimum Gasteiger partial charge on any atom is -0.384 e. The van der Waals surface area contributed by atoms with Crippen LogP contribution in [0.4, 0.5) is 5.82 Å². The Morgan fingerprint density at radius 3 is 2.94 bits per heavy atom. The molecule has 0 radical (unpaired) electrons. The zero-order valence-corrected chi connectivity index (χ0v) is 9.61. The number of nitrogen functional groups attached to an aromatic ring is 1. The van der Waals surface area contributed by atoms with Gasteiger partial charge in [-0.15, -0.1) is 0 Å². The fraction of sp³-hybridized carbons (Fsp3) is 0.500. The molecule has 2 rings (SSSR count). The number of rotatable bonds is 5. The topological polar surface area (TPSA) is 66.0 Å². The second-order valence-electron chi connectivity index (χ2n) is 4.24. The Bertz CT molecular complexity index is 384. The van der Waals surface area contributed by atoms with Crippen LogP contribution < -0.4 is 10.6 Å². The predicted octanol–water partition coefficient (Wildman–Crippen LogP) is 1.74. The maximum absolute atomic E-state index is 7.43. The molecule has 4 heteroatoms. The van der Waals surface area contributed by atoms with Gasteiger partial charge in [-0.3, -0.25) is 5.41 Å². The van der Waals surface area contributed by atoms with Gasteiger partial charge < -0.3 is 10.6 Å². The average Bonchev–Trinajstić information content (AvgIpc) is 3.10. The van der Waals surface area contributed by atoms with E-state index in [4.69, 9.17) is 11.1 Å². The molecule has 0 aliphatic heterocycles. The van der Waals surface area contributed by atoms with Gasteiger partial charge in [0.15, 0.2) is 0 Å². The van der Waals surface area contributed by atoms with Crippen LogP contribution in [-0.2, 0) is 0 Å². The number of nitrogens with zero attached hydrogens (tertiary/aromatic N) is 2. The molecule has 1 fully saturated rings. The van der Waals surface area contributed by atoms with E-state index >= 15 is 0 Å². The van der Waals surface area contributed by atoms with Crippen LogP contribution in [0.15, 0.2) is 18.3 Å². The molecule has 1 aliphatic rings. The SMILES string of the molecule is CCCN(c1cc(C(=N)N)ccn1)C1CC1. The fourth-order valence-electron chi connectivity index (χ4n) is 1.85. The zero-order chi connectivity index (χ0) is 11.5. The Morgan fingerprint density at radius 2 is 2.38 bits per heavy atom. The molecule has 1 aromatic heterocycles. The van der Waals surface area contributed by atoms with Crippen molar-refractivity contribution in [3.8, 4) is 0 Å². The van der Waals surface area contributed by atoms with E-state index in [9.17, 15) is 0 Å². The first-order valence-electron chi connectivity index (χ1n) is 5.79. The van der Waals surface area contributed by atoms with E-state index in [2.05, 4.69) is 16.8 Å². The number of aromatic nitrogens is 1. The van der Waals surface area contributed by atoms with Crippen LogP contribution in [0.3, 0.4) is 0 Å². The molecule has 0 amide bonds. The predicted molar refractivity (Wildman–Crippen MR) is 65.9 cm³/mol. The van der Waals surface area contributed by atoms with Gasteiger partial charge in [-0.1, -0.05) is 6.92 Å². The summed E-state index contributed by atoms with van der Waals surface area (Å²) in [5.41, 5.74) is 6.24. The smallest absolute Gasteiger partial charge is 0.129 e. The van der Waals surface area contributed by atoms with Gasteiger partial charge in [-0.25, -0.2) is 4.98 Å². The summed E-state index contributed by atoms with van der Waals surface area (Å²) in [7, 11) is 0. The number of anilines is 1. The monoisotopic (exact) mass is 218 g/mol. The Hall–Kier alpha value is -1.58. The van der Waals surface area contributed by atoms with Crippen LogP contribution in [0.25, 0.3) is 0 Å². The van der Waals surface area contributed by atoms with Crippen molar-refractivity contribution in [3.63, 3.8) is 0 Å². The average molecular weight is 218 g/mol. The van der Waals surface area contributed by atoms with E-state index in [1.54, 1.807) is 12.3 Å². The summed E-state index contributed by atoms with van der Waals surface area (Å²) in [6.45, 7) is 3.20. The lowest BCUT2D eigenvalue weighted by Gasteiger charge is -2.23. The molecule has 1 heterocycles. The van der Waals surface area contributed by atoms with Crippen LogP contribution in [0, 0.1) is 5.41 Å². The van der Waals surface area contributed by atoms with Crippen molar-refractivity contribution in [2.45, 2.75) is 32.2 Å². The lowest BCUT2D eigenvalue weighted by atomic mass is 10.2. The molecule has 0 bridgehead atoms. The van der Waals surface area contributed by atoms with Gasteiger partial charge in [0, 0.05) is 24.3 Å². The number of amidine groups is 1. The molecule has 3 N–H and O–H groups in total. The highest BCUT2D eigenvalue weighted by molar-refractivity contribution is 5.95. The van der Waals surface area contributed by atoms with E-state index < -0.39 is 0 Å². The molecule has 0 unspecified atom stereocenters. The van der Waals surface area contributed by atoms with E-state index in [0.29, 0.717) is 6.04 Å². The summed E-state index contributed by atoms with van der Waals surface area (Å²) in [6.07, 6.45) is 5.36. The second-order valence-corrected chi connectivity index (χ2v) is 4.24. The van der Waals surface area contributed by atoms with Gasteiger partial charge in [0.05, 0.1) is 0 Å². The lowest BCUT2D eigenvalue weighted by molar-refractivity contribution is 0.750. The number of pyridine rings is 1. The third-order valence-electron chi connectivity index (χ3n) is 2.80. The van der Waals surface area contributed by atoms with E-state index in [0.717, 1.165) is 24.3 Å². The number of nitrogens with two attached hydrogens (primary N) is 1. The molecular weight excluding hydrogens is 200 g/mol. The van der Waals surface area contributed by atoms with Crippen LogP contribution >= 0.6 is 0 Å². The van der Waals surface area contributed by atoms with Crippen LogP contribution in [0.5, 0.6) is 0 Å². The molecule has 16 heavy (non-hydrogen) atoms. The minimum absolute atomic E-state index is 0.107. The van der Waals surface area contributed by atoms with Crippen molar-refractivity contribution < 1.29 is 0 Å². The van der Waals surface area contributed by atoms with Crippen molar-refractivity contribution in [3.05, 3.63) is 23.9 Å². The first-order chi connectivity index (χ1) is 7.72. The van der Waals surface area contributed by atoms with E-state index in [1.807, 2.05) is 6.07 Å². The summed E-state index contributed by atoms with van der Waals surface area (Å²) in [4.78, 5) is 6.70.